The second kappa shape index (κ2) is 37.7. The van der Waals surface area contributed by atoms with Crippen molar-refractivity contribution < 1.29 is 86.5 Å². The number of nitrogens with zero attached hydrogens (tertiary/aromatic N) is 2. The van der Waals surface area contributed by atoms with E-state index >= 15 is 0 Å². The second-order valence-corrected chi connectivity index (χ2v) is 24.0. The highest BCUT2D eigenvalue weighted by molar-refractivity contribution is 14.1. The molecule has 0 bridgehead atoms. The number of hydrogen-bond acceptors (Lipinski definition) is 17. The average molecular weight is 1500 g/mol. The van der Waals surface area contributed by atoms with Crippen LogP contribution in [0.5, 0.6) is 23.0 Å². The maximum absolute atomic E-state index is 13.2. The zero-order chi connectivity index (χ0) is 68.3. The molecule has 1 fully saturated rings. The van der Waals surface area contributed by atoms with Crippen LogP contribution in [0, 0.1) is 24.9 Å². The molecule has 0 aliphatic heterocycles. The molecule has 0 radical (unpaired) electrons. The van der Waals surface area contributed by atoms with E-state index in [0.29, 0.717) is 59.0 Å². The fraction of sp³-hybridized carbons (Fsp3) is 0.343. The number of carbonyl (C=O) groups excluding carboxylic acids is 5. The number of halogens is 2. The predicted molar refractivity (Wildman–Crippen MR) is 367 cm³/mol. The number of carbonyl (C=O) groups is 7. The number of methoxy groups -OCH3 is 7. The third kappa shape index (κ3) is 22.8. The number of carboxylic acid groups (broad SMARTS) is 2. The number of rotatable bonds is 23. The van der Waals surface area contributed by atoms with Crippen LogP contribution >= 0.6 is 45.2 Å². The SMILES string of the molecule is COC(=O)/C=C/c1cc(C[C@H](C)C(=O)OC)ccc1OC.COC(=O)[C@@H](C)Cc1ccc(O)c(I)c1.COC(=O)[C@@H](C)Cc1ccc(OC)c(I)c1.COc1ccc(C[C@H](NC(=O)c2ccc3c(c2)nc(-c2ccoc2)n3C2CCCCC2)C(=O)O)cc1/C=C/C(=O)O. The molecular formula is C70H79I2N3O18. The molecule has 21 nitrogen and oxygen atoms in total. The Kier molecular flexibility index (Phi) is 30.4. The number of nitrogens with one attached hydrogen (secondary N) is 1. The normalized spacial score (nSPS) is 13.2. The number of phenolic OH excluding ortho intramolecular Hbond substituents is 1. The Balaban J connectivity index is 0.000000252. The molecule has 4 atom stereocenters. The molecule has 4 N–H and O–H groups in total. The first-order valence-corrected chi connectivity index (χ1v) is 31.8. The van der Waals surface area contributed by atoms with Crippen molar-refractivity contribution in [3.63, 3.8) is 0 Å². The number of aromatic nitrogens is 2. The number of carboxylic acids is 2. The van der Waals surface area contributed by atoms with Gasteiger partial charge >= 0.3 is 35.8 Å². The van der Waals surface area contributed by atoms with Crippen LogP contribution in [0.2, 0.25) is 0 Å². The minimum Gasteiger partial charge on any atom is -0.507 e. The van der Waals surface area contributed by atoms with Gasteiger partial charge in [-0.2, -0.15) is 0 Å². The molecule has 1 amide bonds. The molecule has 0 unspecified atom stereocenters. The fourth-order valence-corrected chi connectivity index (χ4v) is 11.5. The van der Waals surface area contributed by atoms with Crippen molar-refractivity contribution in [2.24, 2.45) is 17.8 Å². The first-order chi connectivity index (χ1) is 44.5. The largest absolute Gasteiger partial charge is 0.507 e. The second-order valence-electron chi connectivity index (χ2n) is 21.7. The molecule has 0 spiro atoms. The van der Waals surface area contributed by atoms with Crippen molar-refractivity contribution >= 4 is 110 Å². The van der Waals surface area contributed by atoms with Gasteiger partial charge in [0.1, 0.15) is 41.1 Å². The van der Waals surface area contributed by atoms with E-state index in [0.717, 1.165) is 83.8 Å². The van der Waals surface area contributed by atoms with E-state index in [1.807, 2.05) is 68.4 Å². The highest BCUT2D eigenvalue weighted by atomic mass is 127. The average Bonchev–Trinajstić information content (AvgIpc) is 1.62. The summed E-state index contributed by atoms with van der Waals surface area (Å²) in [7, 11) is 10.2. The van der Waals surface area contributed by atoms with Crippen molar-refractivity contribution in [1.29, 1.82) is 0 Å². The third-order valence-corrected chi connectivity index (χ3v) is 16.7. The van der Waals surface area contributed by atoms with Gasteiger partial charge in [0.05, 0.1) is 97.5 Å². The lowest BCUT2D eigenvalue weighted by atomic mass is 9.95. The summed E-state index contributed by atoms with van der Waals surface area (Å²) in [6.07, 6.45) is 16.0. The number of benzene rings is 5. The fourth-order valence-electron chi connectivity index (χ4n) is 10.1. The Morgan fingerprint density at radius 2 is 1.10 bits per heavy atom. The van der Waals surface area contributed by atoms with E-state index in [4.69, 9.17) is 38.2 Å². The summed E-state index contributed by atoms with van der Waals surface area (Å²) >= 11 is 4.28. The maximum Gasteiger partial charge on any atom is 0.330 e. The number of ether oxygens (including phenoxy) is 7. The predicted octanol–water partition coefficient (Wildman–Crippen LogP) is 12.6. The summed E-state index contributed by atoms with van der Waals surface area (Å²) in [5.74, 6) is -1.43. The lowest BCUT2D eigenvalue weighted by Gasteiger charge is -2.25. The Hall–Kier alpha value is -8.72. The number of phenols is 1. The Bertz CT molecular complexity index is 3740. The van der Waals surface area contributed by atoms with Crippen LogP contribution in [0.1, 0.15) is 103 Å². The van der Waals surface area contributed by atoms with E-state index in [9.17, 15) is 43.8 Å². The van der Waals surface area contributed by atoms with Crippen LogP contribution in [-0.4, -0.2) is 122 Å². The minimum atomic E-state index is -1.22. The number of imidazole rings is 1. The quantitative estimate of drug-likeness (QED) is 0.0200. The molecule has 1 saturated carbocycles. The van der Waals surface area contributed by atoms with Gasteiger partial charge in [0.15, 0.2) is 0 Å². The summed E-state index contributed by atoms with van der Waals surface area (Å²) in [4.78, 5) is 86.3. The van der Waals surface area contributed by atoms with E-state index < -0.39 is 29.9 Å². The number of aromatic hydroxyl groups is 1. The lowest BCUT2D eigenvalue weighted by Crippen LogP contribution is -2.42. The van der Waals surface area contributed by atoms with Crippen molar-refractivity contribution in [3.8, 4) is 34.4 Å². The molecule has 7 aromatic rings. The zero-order valence-electron chi connectivity index (χ0n) is 53.6. The Morgan fingerprint density at radius 3 is 1.56 bits per heavy atom. The Morgan fingerprint density at radius 1 is 0.602 bits per heavy atom. The molecule has 0 saturated heterocycles. The van der Waals surface area contributed by atoms with Gasteiger partial charge in [-0.15, -0.1) is 0 Å². The van der Waals surface area contributed by atoms with E-state index in [1.54, 1.807) is 82.2 Å². The van der Waals surface area contributed by atoms with Gasteiger partial charge in [-0.1, -0.05) is 64.3 Å². The van der Waals surface area contributed by atoms with Gasteiger partial charge in [-0.05, 0) is 184 Å². The number of furan rings is 1. The van der Waals surface area contributed by atoms with Gasteiger partial charge < -0.3 is 62.8 Å². The van der Waals surface area contributed by atoms with Gasteiger partial charge in [0.25, 0.3) is 5.91 Å². The molecule has 1 aliphatic rings. The van der Waals surface area contributed by atoms with Crippen molar-refractivity contribution in [2.45, 2.75) is 90.6 Å². The molecule has 93 heavy (non-hydrogen) atoms. The smallest absolute Gasteiger partial charge is 0.330 e. The molecule has 2 aromatic heterocycles. The Labute approximate surface area is 568 Å². The molecule has 1 aliphatic carbocycles. The first kappa shape index (κ1) is 75.0. The summed E-state index contributed by atoms with van der Waals surface area (Å²) in [6.45, 7) is 5.49. The number of esters is 4. The minimum absolute atomic E-state index is 0.0117. The van der Waals surface area contributed by atoms with Crippen LogP contribution in [0.25, 0.3) is 34.6 Å². The molecule has 5 aromatic carbocycles. The topological polar surface area (TPSA) is 288 Å². The van der Waals surface area contributed by atoms with E-state index in [-0.39, 0.29) is 47.8 Å². The zero-order valence-corrected chi connectivity index (χ0v) is 57.9. The van der Waals surface area contributed by atoms with Crippen molar-refractivity contribution in [1.82, 2.24) is 14.9 Å². The lowest BCUT2D eigenvalue weighted by molar-refractivity contribution is -0.145. The monoisotopic (exact) mass is 1500 g/mol. The van der Waals surface area contributed by atoms with Crippen LogP contribution in [-0.2, 0) is 73.4 Å². The van der Waals surface area contributed by atoms with Gasteiger partial charge in [0, 0.05) is 41.3 Å². The van der Waals surface area contributed by atoms with Crippen LogP contribution < -0.4 is 19.5 Å². The summed E-state index contributed by atoms with van der Waals surface area (Å²) < 4.78 is 43.7. The molecule has 496 valence electrons. The summed E-state index contributed by atoms with van der Waals surface area (Å²) in [6, 6.07) is 28.0. The third-order valence-electron chi connectivity index (χ3n) is 15.0. The van der Waals surface area contributed by atoms with Gasteiger partial charge in [-0.25, -0.2) is 19.4 Å². The number of amides is 1. The highest BCUT2D eigenvalue weighted by Crippen LogP contribution is 2.37. The number of fused-ring (bicyclic) bond motifs is 1. The maximum atomic E-state index is 13.2. The first-order valence-electron chi connectivity index (χ1n) is 29.6. The molecular weight excluding hydrogens is 1420 g/mol. The van der Waals surface area contributed by atoms with E-state index in [1.165, 1.54) is 54.1 Å². The summed E-state index contributed by atoms with van der Waals surface area (Å²) in [5, 5.41) is 30.8. The number of aliphatic carboxylic acids is 2. The van der Waals surface area contributed by atoms with Crippen molar-refractivity contribution in [3.05, 3.63) is 168 Å². The van der Waals surface area contributed by atoms with Gasteiger partial charge in [-0.3, -0.25) is 19.2 Å². The van der Waals surface area contributed by atoms with Crippen LogP contribution in [0.3, 0.4) is 0 Å². The highest BCUT2D eigenvalue weighted by Gasteiger charge is 2.26. The molecule has 2 heterocycles. The molecule has 23 heteroatoms. The number of hydrogen-bond donors (Lipinski definition) is 4. The van der Waals surface area contributed by atoms with E-state index in [2.05, 4.69) is 64.5 Å². The van der Waals surface area contributed by atoms with Crippen LogP contribution in [0.15, 0.2) is 126 Å². The van der Waals surface area contributed by atoms with Crippen molar-refractivity contribution in [2.75, 3.05) is 49.8 Å². The van der Waals surface area contributed by atoms with Gasteiger partial charge in [0.2, 0.25) is 0 Å². The molecule has 8 rings (SSSR count). The van der Waals surface area contributed by atoms with Crippen LogP contribution in [0.4, 0.5) is 0 Å². The standard InChI is InChI=1S/C31H31N3O7.C16H20O5.C12H15IO3.C11H13IO3/c1-40-27-11-7-19(15-20(27)9-12-28(35)36)16-25(31(38)39)33-30(37)21-8-10-26-24(17-21)32-29(22-13-14-41-18-22)34(26)23-5-3-2-4-6-23;1-11(16(18)21-4)9-12-5-7-14(19-2)13(10-12)6-8-15(17)20-3;1-8(12(14)16-3)6-9-4-5-11(15-2)10(13)7-9;1-7(11(14)15-2)5-8-3-4-10(13)9(12)6-8/h7-15,17-18,23,25H,2-6,16H2,1H3,(H,33,37)(H,35,36)(H,38,39);5-8,10-11H,9H2,1-4H3;4-5,7-8H,6H2,1-3H3;3-4,6-7,13H,5H2,1-2H3/b12-9+;8-6+;;/t25-;11-;8-;7-/m0000/s1. The summed E-state index contributed by atoms with van der Waals surface area (Å²) in [5.41, 5.74) is 7.64.